The number of aromatic nitrogens is 1. The number of hydrogen-bond donors (Lipinski definition) is 2. The van der Waals surface area contributed by atoms with Crippen molar-refractivity contribution >= 4 is 52.4 Å². The number of piperazine rings is 1. The summed E-state index contributed by atoms with van der Waals surface area (Å²) in [6, 6.07) is 12.7. The van der Waals surface area contributed by atoms with E-state index >= 15 is 4.39 Å². The third kappa shape index (κ3) is 8.61. The summed E-state index contributed by atoms with van der Waals surface area (Å²) in [7, 11) is 0. The molecule has 0 aliphatic carbocycles. The standard InChI is InChI=1S/C43H45F4N9O5/c44-42(12-17-54(18-13-42)30-2-1-28(25-48)34(24-30)43(45,46)47)41(61)50-36-7-4-31(26-49-36)53-15-10-27(11-16-53)9-14-52-19-21-55(22-20-52)29-3-5-32-33(23-29)40(60)56(39(32)59)35-6-8-37(57)51-38(35)58/h1-5,7,23-24,26-27,35H,6,8-22H2,(H,49,50,61)(H,51,57,58). The van der Waals surface area contributed by atoms with Crippen LogP contribution in [0.3, 0.4) is 0 Å². The van der Waals surface area contributed by atoms with Crippen LogP contribution in [0.5, 0.6) is 0 Å². The van der Waals surface area contributed by atoms with Crippen molar-refractivity contribution in [3.63, 3.8) is 0 Å². The van der Waals surface area contributed by atoms with Gasteiger partial charge in [-0.1, -0.05) is 0 Å². The summed E-state index contributed by atoms with van der Waals surface area (Å²) < 4.78 is 56.2. The fraction of sp³-hybridized carbons (Fsp3) is 0.465. The number of hydrogen-bond acceptors (Lipinski definition) is 11. The molecule has 5 amide bonds. The maximum Gasteiger partial charge on any atom is 0.417 e. The molecule has 61 heavy (non-hydrogen) atoms. The first-order valence-corrected chi connectivity index (χ1v) is 20.6. The Morgan fingerprint density at radius 3 is 2.11 bits per heavy atom. The Bertz CT molecular complexity index is 2260. The second-order valence-electron chi connectivity index (χ2n) is 16.4. The lowest BCUT2D eigenvalue weighted by molar-refractivity contribution is -0.138. The van der Waals surface area contributed by atoms with E-state index < -0.39 is 58.5 Å². The number of piperidine rings is 3. The largest absolute Gasteiger partial charge is 0.417 e. The Morgan fingerprint density at radius 2 is 1.46 bits per heavy atom. The molecule has 5 aliphatic heterocycles. The van der Waals surface area contributed by atoms with Crippen LogP contribution in [0.1, 0.15) is 76.8 Å². The van der Waals surface area contributed by atoms with Gasteiger partial charge < -0.3 is 20.0 Å². The second-order valence-corrected chi connectivity index (χ2v) is 16.4. The number of nitrogens with zero attached hydrogens (tertiary/aromatic N) is 7. The predicted molar refractivity (Wildman–Crippen MR) is 216 cm³/mol. The van der Waals surface area contributed by atoms with Crippen LogP contribution in [0.25, 0.3) is 0 Å². The lowest BCUT2D eigenvalue weighted by atomic mass is 9.91. The number of pyridine rings is 1. The molecule has 4 fully saturated rings. The van der Waals surface area contributed by atoms with Crippen LogP contribution in [-0.4, -0.2) is 115 Å². The molecule has 0 bridgehead atoms. The SMILES string of the molecule is N#Cc1ccc(N2CCC(F)(C(=O)Nc3ccc(N4CCC(CCN5CCN(c6ccc7c(c6)C(=O)N(C6CCC(=O)NC6=O)C7=O)CC5)CC4)cn3)CC2)cc1C(F)(F)F. The smallest absolute Gasteiger partial charge is 0.371 e. The van der Waals surface area contributed by atoms with Gasteiger partial charge in [-0.25, -0.2) is 9.37 Å². The van der Waals surface area contributed by atoms with E-state index in [-0.39, 0.29) is 61.4 Å². The molecule has 4 saturated heterocycles. The number of nitrogens with one attached hydrogen (secondary N) is 2. The quantitative estimate of drug-likeness (QED) is 0.226. The molecule has 5 aliphatic rings. The molecule has 2 N–H and O–H groups in total. The summed E-state index contributed by atoms with van der Waals surface area (Å²) in [6.45, 7) is 5.94. The number of anilines is 4. The van der Waals surface area contributed by atoms with Crippen molar-refractivity contribution < 1.29 is 41.5 Å². The van der Waals surface area contributed by atoms with Crippen LogP contribution >= 0.6 is 0 Å². The van der Waals surface area contributed by atoms with Crippen LogP contribution in [-0.2, 0) is 20.6 Å². The number of benzene rings is 2. The Hall–Kier alpha value is -6.09. The number of fused-ring (bicyclic) bond motifs is 1. The molecule has 18 heteroatoms. The normalized spacial score (nSPS) is 21.3. The van der Waals surface area contributed by atoms with Gasteiger partial charge in [0.15, 0.2) is 5.67 Å². The number of carbonyl (C=O) groups excluding carboxylic acids is 5. The number of rotatable bonds is 9. The van der Waals surface area contributed by atoms with Crippen molar-refractivity contribution in [3.8, 4) is 6.07 Å². The maximum absolute atomic E-state index is 15.8. The second kappa shape index (κ2) is 16.8. The average molecular weight is 844 g/mol. The minimum Gasteiger partial charge on any atom is -0.371 e. The fourth-order valence-electron chi connectivity index (χ4n) is 9.01. The van der Waals surface area contributed by atoms with Gasteiger partial charge in [-0.05, 0) is 86.7 Å². The number of halogens is 4. The minimum absolute atomic E-state index is 0.0217. The Labute approximate surface area is 349 Å². The van der Waals surface area contributed by atoms with Crippen molar-refractivity contribution in [1.29, 1.82) is 5.26 Å². The van der Waals surface area contributed by atoms with Crippen LogP contribution in [0.2, 0.25) is 0 Å². The molecule has 14 nitrogen and oxygen atoms in total. The third-order valence-electron chi connectivity index (χ3n) is 12.7. The molecule has 1 aromatic heterocycles. The summed E-state index contributed by atoms with van der Waals surface area (Å²) in [5.41, 5.74) is -1.25. The third-order valence-corrected chi connectivity index (χ3v) is 12.7. The summed E-state index contributed by atoms with van der Waals surface area (Å²) in [5, 5.41) is 13.9. The van der Waals surface area contributed by atoms with Crippen molar-refractivity contribution in [3.05, 3.63) is 77.0 Å². The van der Waals surface area contributed by atoms with Gasteiger partial charge >= 0.3 is 6.18 Å². The van der Waals surface area contributed by atoms with Crippen LogP contribution in [0, 0.1) is 17.2 Å². The summed E-state index contributed by atoms with van der Waals surface area (Å²) in [6.07, 6.45) is -0.218. The van der Waals surface area contributed by atoms with Gasteiger partial charge in [0.1, 0.15) is 11.9 Å². The molecule has 3 aromatic rings. The number of amides is 5. The van der Waals surface area contributed by atoms with Gasteiger partial charge in [0, 0.05) is 83.0 Å². The lowest BCUT2D eigenvalue weighted by Gasteiger charge is -2.38. The van der Waals surface area contributed by atoms with Crippen LogP contribution in [0.15, 0.2) is 54.7 Å². The molecule has 1 unspecified atom stereocenters. The Kier molecular flexibility index (Phi) is 11.4. The zero-order valence-corrected chi connectivity index (χ0v) is 33.3. The first-order valence-electron chi connectivity index (χ1n) is 20.6. The van der Waals surface area contributed by atoms with Gasteiger partial charge in [0.25, 0.3) is 17.7 Å². The number of imide groups is 2. The molecule has 8 rings (SSSR count). The fourth-order valence-corrected chi connectivity index (χ4v) is 9.01. The molecular weight excluding hydrogens is 799 g/mol. The van der Waals surface area contributed by atoms with Gasteiger partial charge in [-0.2, -0.15) is 18.4 Å². The van der Waals surface area contributed by atoms with Crippen molar-refractivity contribution in [2.75, 3.05) is 78.9 Å². The van der Waals surface area contributed by atoms with Gasteiger partial charge in [0.05, 0.1) is 40.2 Å². The molecule has 0 radical (unpaired) electrons. The van der Waals surface area contributed by atoms with Gasteiger partial charge in [-0.3, -0.25) is 39.1 Å². The highest BCUT2D eigenvalue weighted by Crippen LogP contribution is 2.37. The summed E-state index contributed by atoms with van der Waals surface area (Å²) in [4.78, 5) is 77.3. The van der Waals surface area contributed by atoms with Crippen LogP contribution < -0.4 is 25.3 Å². The zero-order chi connectivity index (χ0) is 43.1. The Balaban J connectivity index is 0.755. The van der Waals surface area contributed by atoms with E-state index in [1.165, 1.54) is 6.07 Å². The van der Waals surface area contributed by atoms with Crippen molar-refractivity contribution in [2.45, 2.75) is 62.8 Å². The van der Waals surface area contributed by atoms with E-state index in [1.807, 2.05) is 12.1 Å². The molecule has 6 heterocycles. The van der Waals surface area contributed by atoms with E-state index in [4.69, 9.17) is 5.26 Å². The topological polar surface area (TPSA) is 162 Å². The lowest BCUT2D eigenvalue weighted by Crippen LogP contribution is -2.54. The summed E-state index contributed by atoms with van der Waals surface area (Å²) >= 11 is 0. The average Bonchev–Trinajstić information content (AvgIpc) is 3.51. The number of carbonyl (C=O) groups is 5. The van der Waals surface area contributed by atoms with E-state index in [2.05, 4.69) is 30.3 Å². The molecular formula is C43H45F4N9O5. The molecule has 320 valence electrons. The highest BCUT2D eigenvalue weighted by atomic mass is 19.4. The molecule has 0 spiro atoms. The molecule has 1 atom stereocenters. The van der Waals surface area contributed by atoms with E-state index in [9.17, 15) is 37.1 Å². The number of alkyl halides is 4. The van der Waals surface area contributed by atoms with E-state index in [1.54, 1.807) is 35.4 Å². The minimum atomic E-state index is -4.71. The van der Waals surface area contributed by atoms with Crippen molar-refractivity contribution in [1.82, 2.24) is 20.1 Å². The molecule has 2 aromatic carbocycles. The monoisotopic (exact) mass is 843 g/mol. The van der Waals surface area contributed by atoms with Crippen LogP contribution in [0.4, 0.5) is 40.4 Å². The first kappa shape index (κ1) is 41.6. The maximum atomic E-state index is 15.8. The predicted octanol–water partition coefficient (Wildman–Crippen LogP) is 4.75. The highest BCUT2D eigenvalue weighted by molar-refractivity contribution is 6.23. The zero-order valence-electron chi connectivity index (χ0n) is 33.3. The highest BCUT2D eigenvalue weighted by Gasteiger charge is 2.45. The van der Waals surface area contributed by atoms with Gasteiger partial charge in [-0.15, -0.1) is 0 Å². The van der Waals surface area contributed by atoms with Crippen molar-refractivity contribution in [2.24, 2.45) is 5.92 Å². The molecule has 0 saturated carbocycles. The Morgan fingerprint density at radius 1 is 0.820 bits per heavy atom. The van der Waals surface area contributed by atoms with E-state index in [0.29, 0.717) is 5.92 Å². The summed E-state index contributed by atoms with van der Waals surface area (Å²) in [5.74, 6) is -2.15. The van der Waals surface area contributed by atoms with Gasteiger partial charge in [0.2, 0.25) is 11.8 Å². The van der Waals surface area contributed by atoms with E-state index in [0.717, 1.165) is 93.5 Å². The first-order chi connectivity index (χ1) is 29.2. The number of nitriles is 1.